The molecule has 0 aromatic rings. The van der Waals surface area contributed by atoms with Gasteiger partial charge in [-0.2, -0.15) is 0 Å². The first-order chi connectivity index (χ1) is 12.1. The van der Waals surface area contributed by atoms with Crippen molar-refractivity contribution in [2.24, 2.45) is 17.8 Å². The molecular formula is C23H46O3Si. The van der Waals surface area contributed by atoms with E-state index in [2.05, 4.69) is 82.7 Å². The standard InChI is InChI=1S/C23H46O3Si/c1-13-16(4)14-19(24)17(5)21-18(6)20(15(2)3)25-27(26-21,22(7,8)9)23(10,11)12/h15,17-21,24H,4,13-14H2,1-3,5-12H3/t17-,18-,19+,20-,21-/m0/s1. The van der Waals surface area contributed by atoms with E-state index in [0.29, 0.717) is 12.3 Å². The van der Waals surface area contributed by atoms with Gasteiger partial charge in [0.05, 0.1) is 18.3 Å². The summed E-state index contributed by atoms with van der Waals surface area (Å²) in [5, 5.41) is 10.8. The summed E-state index contributed by atoms with van der Waals surface area (Å²) in [6, 6.07) is 0. The van der Waals surface area contributed by atoms with Gasteiger partial charge in [-0.15, -0.1) is 0 Å². The van der Waals surface area contributed by atoms with Crippen molar-refractivity contribution in [1.82, 2.24) is 0 Å². The van der Waals surface area contributed by atoms with Crippen LogP contribution in [0, 0.1) is 17.8 Å². The Bertz CT molecular complexity index is 487. The van der Waals surface area contributed by atoms with Crippen LogP contribution < -0.4 is 0 Å². The van der Waals surface area contributed by atoms with E-state index in [9.17, 15) is 5.11 Å². The second-order valence-electron chi connectivity index (χ2n) is 11.1. The van der Waals surface area contributed by atoms with Gasteiger partial charge in [0, 0.05) is 21.9 Å². The molecule has 0 aromatic heterocycles. The van der Waals surface area contributed by atoms with Crippen molar-refractivity contribution in [3.63, 3.8) is 0 Å². The minimum Gasteiger partial charge on any atom is -0.392 e. The molecule has 0 aromatic carbocycles. The molecule has 1 fully saturated rings. The van der Waals surface area contributed by atoms with Crippen LogP contribution in [0.25, 0.3) is 0 Å². The van der Waals surface area contributed by atoms with E-state index >= 15 is 0 Å². The molecule has 3 nitrogen and oxygen atoms in total. The van der Waals surface area contributed by atoms with Crippen molar-refractivity contribution in [3.05, 3.63) is 12.2 Å². The van der Waals surface area contributed by atoms with Crippen molar-refractivity contribution in [1.29, 1.82) is 0 Å². The first-order valence-corrected chi connectivity index (χ1v) is 12.6. The number of hydrogen-bond acceptors (Lipinski definition) is 3. The quantitative estimate of drug-likeness (QED) is 0.412. The van der Waals surface area contributed by atoms with Gasteiger partial charge in [-0.05, 0) is 18.8 Å². The molecule has 0 spiro atoms. The second kappa shape index (κ2) is 8.69. The van der Waals surface area contributed by atoms with Crippen LogP contribution in [0.4, 0.5) is 0 Å². The Hall–Kier alpha value is -0.163. The Morgan fingerprint density at radius 3 is 1.81 bits per heavy atom. The van der Waals surface area contributed by atoms with Crippen molar-refractivity contribution in [2.75, 3.05) is 0 Å². The van der Waals surface area contributed by atoms with Gasteiger partial charge >= 0.3 is 8.56 Å². The van der Waals surface area contributed by atoms with Gasteiger partial charge in [-0.1, -0.05) is 88.3 Å². The van der Waals surface area contributed by atoms with Crippen LogP contribution in [0.1, 0.15) is 89.0 Å². The van der Waals surface area contributed by atoms with Crippen LogP contribution in [-0.4, -0.2) is 32.0 Å². The van der Waals surface area contributed by atoms with E-state index in [1.54, 1.807) is 0 Å². The molecule has 5 atom stereocenters. The van der Waals surface area contributed by atoms with Crippen LogP contribution in [0.2, 0.25) is 10.1 Å². The Balaban J connectivity index is 3.35. The molecule has 1 aliphatic rings. The zero-order chi connectivity index (χ0) is 21.4. The van der Waals surface area contributed by atoms with E-state index in [1.807, 2.05) is 0 Å². The molecule has 27 heavy (non-hydrogen) atoms. The molecule has 160 valence electrons. The van der Waals surface area contributed by atoms with Crippen molar-refractivity contribution in [2.45, 2.75) is 117 Å². The minimum atomic E-state index is -2.61. The molecular weight excluding hydrogens is 352 g/mol. The summed E-state index contributed by atoms with van der Waals surface area (Å²) in [5.74, 6) is 0.706. The third-order valence-electron chi connectivity index (χ3n) is 6.40. The number of aliphatic hydroxyl groups is 1. The summed E-state index contributed by atoms with van der Waals surface area (Å²) in [6.07, 6.45) is 1.28. The minimum absolute atomic E-state index is 0.00378. The van der Waals surface area contributed by atoms with Gasteiger partial charge < -0.3 is 14.0 Å². The summed E-state index contributed by atoms with van der Waals surface area (Å²) in [4.78, 5) is 0. The molecule has 0 amide bonds. The van der Waals surface area contributed by atoms with Gasteiger partial charge in [0.15, 0.2) is 0 Å². The highest BCUT2D eigenvalue weighted by molar-refractivity contribution is 6.73. The van der Waals surface area contributed by atoms with E-state index in [0.717, 1.165) is 12.0 Å². The Morgan fingerprint density at radius 1 is 1.00 bits per heavy atom. The average Bonchev–Trinajstić information content (AvgIpc) is 2.51. The Morgan fingerprint density at radius 2 is 1.44 bits per heavy atom. The molecule has 1 rings (SSSR count). The maximum absolute atomic E-state index is 10.9. The van der Waals surface area contributed by atoms with Gasteiger partial charge in [0.1, 0.15) is 0 Å². The van der Waals surface area contributed by atoms with Crippen molar-refractivity contribution < 1.29 is 14.0 Å². The van der Waals surface area contributed by atoms with E-state index in [4.69, 9.17) is 8.85 Å². The van der Waals surface area contributed by atoms with Crippen LogP contribution in [0.3, 0.4) is 0 Å². The zero-order valence-electron chi connectivity index (χ0n) is 19.8. The summed E-state index contributed by atoms with van der Waals surface area (Å²) in [7, 11) is -2.61. The maximum Gasteiger partial charge on any atom is 0.349 e. The molecule has 1 aliphatic heterocycles. The lowest BCUT2D eigenvalue weighted by Gasteiger charge is -2.59. The van der Waals surface area contributed by atoms with E-state index in [-0.39, 0.29) is 34.1 Å². The highest BCUT2D eigenvalue weighted by Crippen LogP contribution is 2.57. The first-order valence-electron chi connectivity index (χ1n) is 10.8. The normalized spacial score (nSPS) is 28.9. The highest BCUT2D eigenvalue weighted by Gasteiger charge is 2.64. The summed E-state index contributed by atoms with van der Waals surface area (Å²) < 4.78 is 14.0. The predicted octanol–water partition coefficient (Wildman–Crippen LogP) is 6.46. The number of rotatable bonds is 6. The maximum atomic E-state index is 10.9. The lowest BCUT2D eigenvalue weighted by atomic mass is 9.81. The average molecular weight is 399 g/mol. The van der Waals surface area contributed by atoms with Gasteiger partial charge in [-0.3, -0.25) is 0 Å². The fourth-order valence-corrected chi connectivity index (χ4v) is 10.2. The monoisotopic (exact) mass is 398 g/mol. The topological polar surface area (TPSA) is 38.7 Å². The molecule has 0 saturated carbocycles. The van der Waals surface area contributed by atoms with Crippen LogP contribution >= 0.6 is 0 Å². The van der Waals surface area contributed by atoms with E-state index < -0.39 is 14.7 Å². The SMILES string of the molecule is C=C(CC)C[C@@H](O)[C@H](C)[C@@H]1O[Si](C(C)(C)C)(C(C)(C)C)O[C@@H](C(C)C)[C@@H]1C. The molecule has 0 bridgehead atoms. The number of hydrogen-bond donors (Lipinski definition) is 1. The Labute approximate surface area is 170 Å². The van der Waals surface area contributed by atoms with Crippen LogP contribution in [0.15, 0.2) is 12.2 Å². The molecule has 0 aliphatic carbocycles. The summed E-state index contributed by atoms with van der Waals surface area (Å²) in [5.41, 5.74) is 1.10. The summed E-state index contributed by atoms with van der Waals surface area (Å²) in [6.45, 7) is 28.6. The second-order valence-corrected chi connectivity index (χ2v) is 15.8. The molecule has 1 heterocycles. The predicted molar refractivity (Wildman–Crippen MR) is 118 cm³/mol. The third-order valence-corrected chi connectivity index (χ3v) is 11.6. The van der Waals surface area contributed by atoms with Crippen LogP contribution in [0.5, 0.6) is 0 Å². The van der Waals surface area contributed by atoms with Gasteiger partial charge in [-0.25, -0.2) is 0 Å². The lowest BCUT2D eigenvalue weighted by molar-refractivity contribution is -0.116. The zero-order valence-corrected chi connectivity index (χ0v) is 20.8. The van der Waals surface area contributed by atoms with Gasteiger partial charge in [0.25, 0.3) is 0 Å². The Kier molecular flexibility index (Phi) is 8.00. The number of aliphatic hydroxyl groups excluding tert-OH is 1. The third kappa shape index (κ3) is 5.06. The lowest BCUT2D eigenvalue weighted by Crippen LogP contribution is -2.67. The smallest absolute Gasteiger partial charge is 0.349 e. The van der Waals surface area contributed by atoms with Crippen molar-refractivity contribution >= 4 is 8.56 Å². The molecule has 0 unspecified atom stereocenters. The summed E-state index contributed by atoms with van der Waals surface area (Å²) >= 11 is 0. The van der Waals surface area contributed by atoms with Crippen molar-refractivity contribution in [3.8, 4) is 0 Å². The molecule has 1 saturated heterocycles. The molecule has 4 heteroatoms. The first kappa shape index (κ1) is 24.9. The van der Waals surface area contributed by atoms with Gasteiger partial charge in [0.2, 0.25) is 0 Å². The van der Waals surface area contributed by atoms with E-state index in [1.165, 1.54) is 0 Å². The molecule has 1 N–H and O–H groups in total. The largest absolute Gasteiger partial charge is 0.392 e. The highest BCUT2D eigenvalue weighted by atomic mass is 28.4. The fourth-order valence-electron chi connectivity index (χ4n) is 4.82. The fraction of sp³-hybridized carbons (Fsp3) is 0.913. The molecule has 0 radical (unpaired) electrons. The van der Waals surface area contributed by atoms with Crippen LogP contribution in [-0.2, 0) is 8.85 Å².